The Morgan fingerprint density at radius 1 is 0.951 bits per heavy atom. The number of phenols is 2. The molecule has 0 saturated heterocycles. The third-order valence-electron chi connectivity index (χ3n) is 7.11. The highest BCUT2D eigenvalue weighted by Crippen LogP contribution is 2.41. The smallest absolute Gasteiger partial charge is 0.195 e. The Bertz CT molecular complexity index is 1440. The van der Waals surface area contributed by atoms with Gasteiger partial charge in [-0.1, -0.05) is 20.8 Å². The number of ether oxygens (including phenoxy) is 2. The van der Waals surface area contributed by atoms with Gasteiger partial charge in [0.1, 0.15) is 23.9 Å². The van der Waals surface area contributed by atoms with Crippen molar-refractivity contribution in [2.24, 2.45) is 5.92 Å². The minimum absolute atomic E-state index is 0.101. The summed E-state index contributed by atoms with van der Waals surface area (Å²) in [5.74, 6) is 1.46. The lowest BCUT2D eigenvalue weighted by atomic mass is 9.97. The number of rotatable bonds is 14. The van der Waals surface area contributed by atoms with E-state index in [-0.39, 0.29) is 22.9 Å². The lowest BCUT2D eigenvalue weighted by molar-refractivity contribution is -0.0410. The van der Waals surface area contributed by atoms with Gasteiger partial charge < -0.3 is 24.6 Å². The topological polar surface area (TPSA) is 79.2 Å². The van der Waals surface area contributed by atoms with E-state index in [1.54, 1.807) is 54.6 Å². The van der Waals surface area contributed by atoms with Crippen LogP contribution in [0, 0.1) is 5.92 Å². The first kappa shape index (κ1) is 30.6. The maximum atomic E-state index is 13.8. The van der Waals surface area contributed by atoms with Crippen molar-refractivity contribution < 1.29 is 24.5 Å². The van der Waals surface area contributed by atoms with Crippen molar-refractivity contribution in [1.29, 1.82) is 0 Å². The number of benzene rings is 3. The van der Waals surface area contributed by atoms with Crippen molar-refractivity contribution in [1.82, 2.24) is 4.90 Å². The second-order valence-electron chi connectivity index (χ2n) is 11.4. The number of carbonyl (C=O) groups excluding carboxylic acids is 1. The van der Waals surface area contributed by atoms with Crippen molar-refractivity contribution in [3.8, 4) is 27.7 Å². The lowest BCUT2D eigenvalue weighted by Gasteiger charge is -2.30. The Kier molecular flexibility index (Phi) is 10.1. The summed E-state index contributed by atoms with van der Waals surface area (Å²) >= 11 is 1.45. The molecule has 0 aliphatic heterocycles. The molecule has 1 aromatic heterocycles. The van der Waals surface area contributed by atoms with Gasteiger partial charge in [0, 0.05) is 45.8 Å². The van der Waals surface area contributed by atoms with Crippen LogP contribution in [0.4, 0.5) is 0 Å². The highest BCUT2D eigenvalue weighted by Gasteiger charge is 2.22. The molecule has 0 bridgehead atoms. The van der Waals surface area contributed by atoms with E-state index in [0.29, 0.717) is 23.7 Å². The highest BCUT2D eigenvalue weighted by molar-refractivity contribution is 7.22. The Labute approximate surface area is 247 Å². The molecule has 0 aliphatic carbocycles. The summed E-state index contributed by atoms with van der Waals surface area (Å²) in [5, 5.41) is 20.6. The molecule has 0 radical (unpaired) electrons. The first-order chi connectivity index (χ1) is 19.6. The molecular formula is C34H41NO5S. The average Bonchev–Trinajstić information content (AvgIpc) is 3.32. The third-order valence-corrected chi connectivity index (χ3v) is 8.31. The minimum atomic E-state index is -0.156. The zero-order valence-electron chi connectivity index (χ0n) is 24.6. The fourth-order valence-electron chi connectivity index (χ4n) is 4.59. The van der Waals surface area contributed by atoms with Crippen LogP contribution in [-0.2, 0) is 4.74 Å². The quantitative estimate of drug-likeness (QED) is 0.150. The summed E-state index contributed by atoms with van der Waals surface area (Å²) in [7, 11) is 0. The van der Waals surface area contributed by atoms with Crippen LogP contribution < -0.4 is 4.74 Å². The molecule has 0 fully saturated rings. The van der Waals surface area contributed by atoms with Gasteiger partial charge in [-0.3, -0.25) is 4.79 Å². The number of fused-ring (bicyclic) bond motifs is 1. The number of aromatic hydroxyl groups is 2. The number of phenolic OH excluding ortho intramolecular Hbond substituents is 2. The SMILES string of the molecule is CCN(CCOc1ccc(C(=O)c2c(-c3ccc(O)cc3)sc3cc(O)ccc23)cc1)CCC(C)(C)OCC(C)C. The van der Waals surface area contributed by atoms with Crippen LogP contribution in [0.3, 0.4) is 0 Å². The van der Waals surface area contributed by atoms with E-state index in [1.165, 1.54) is 11.3 Å². The molecule has 4 rings (SSSR count). The van der Waals surface area contributed by atoms with Gasteiger partial charge in [0.15, 0.2) is 5.78 Å². The normalized spacial score (nSPS) is 12.0. The van der Waals surface area contributed by atoms with Crippen molar-refractivity contribution in [3.63, 3.8) is 0 Å². The fraction of sp³-hybridized carbons (Fsp3) is 0.382. The zero-order valence-corrected chi connectivity index (χ0v) is 25.5. The highest BCUT2D eigenvalue weighted by atomic mass is 32.1. The number of hydrogen-bond acceptors (Lipinski definition) is 7. The van der Waals surface area contributed by atoms with Gasteiger partial charge in [-0.25, -0.2) is 0 Å². The molecule has 2 N–H and O–H groups in total. The molecular weight excluding hydrogens is 534 g/mol. The fourth-order valence-corrected chi connectivity index (χ4v) is 5.82. The van der Waals surface area contributed by atoms with Crippen molar-refractivity contribution in [2.45, 2.75) is 46.6 Å². The molecule has 6 nitrogen and oxygen atoms in total. The van der Waals surface area contributed by atoms with Gasteiger partial charge >= 0.3 is 0 Å². The maximum absolute atomic E-state index is 13.8. The minimum Gasteiger partial charge on any atom is -0.508 e. The summed E-state index contributed by atoms with van der Waals surface area (Å²) in [5.41, 5.74) is 1.83. The van der Waals surface area contributed by atoms with Crippen LogP contribution in [0.25, 0.3) is 20.5 Å². The van der Waals surface area contributed by atoms with Gasteiger partial charge in [-0.2, -0.15) is 0 Å². The monoisotopic (exact) mass is 575 g/mol. The third kappa shape index (κ3) is 8.09. The molecule has 0 spiro atoms. The van der Waals surface area contributed by atoms with Crippen molar-refractivity contribution in [2.75, 3.05) is 32.8 Å². The summed E-state index contributed by atoms with van der Waals surface area (Å²) < 4.78 is 12.9. The number of thiophene rings is 1. The number of carbonyl (C=O) groups is 1. The van der Waals surface area contributed by atoms with Gasteiger partial charge in [0.2, 0.25) is 0 Å². The predicted octanol–water partition coefficient (Wildman–Crippen LogP) is 7.75. The Morgan fingerprint density at radius 2 is 1.63 bits per heavy atom. The molecule has 0 aliphatic rings. The Morgan fingerprint density at radius 3 is 2.29 bits per heavy atom. The molecule has 0 atom stereocenters. The second kappa shape index (κ2) is 13.5. The van der Waals surface area contributed by atoms with Crippen LogP contribution in [0.2, 0.25) is 0 Å². The van der Waals surface area contributed by atoms with E-state index < -0.39 is 0 Å². The van der Waals surface area contributed by atoms with E-state index in [4.69, 9.17) is 9.47 Å². The number of ketones is 1. The molecule has 41 heavy (non-hydrogen) atoms. The maximum Gasteiger partial charge on any atom is 0.195 e. The van der Waals surface area contributed by atoms with E-state index in [0.717, 1.165) is 58.9 Å². The first-order valence-corrected chi connectivity index (χ1v) is 15.1. The van der Waals surface area contributed by atoms with Crippen LogP contribution in [-0.4, -0.2) is 59.3 Å². The van der Waals surface area contributed by atoms with Gasteiger partial charge in [-0.05, 0) is 105 Å². The average molecular weight is 576 g/mol. The van der Waals surface area contributed by atoms with Crippen LogP contribution in [0.1, 0.15) is 57.0 Å². The molecule has 0 amide bonds. The van der Waals surface area contributed by atoms with Gasteiger partial charge in [0.05, 0.1) is 5.60 Å². The number of hydrogen-bond donors (Lipinski definition) is 2. The Hall–Kier alpha value is -3.39. The predicted molar refractivity (Wildman–Crippen MR) is 168 cm³/mol. The zero-order chi connectivity index (χ0) is 29.6. The molecule has 3 aromatic carbocycles. The number of likely N-dealkylation sites (N-methyl/N-ethyl adjacent to an activating group) is 1. The number of nitrogens with zero attached hydrogens (tertiary/aromatic N) is 1. The first-order valence-electron chi connectivity index (χ1n) is 14.2. The van der Waals surface area contributed by atoms with Crippen LogP contribution >= 0.6 is 11.3 Å². The summed E-state index contributed by atoms with van der Waals surface area (Å²) in [6.45, 7) is 14.8. The van der Waals surface area contributed by atoms with Crippen molar-refractivity contribution >= 4 is 27.2 Å². The van der Waals surface area contributed by atoms with Gasteiger partial charge in [-0.15, -0.1) is 11.3 Å². The largest absolute Gasteiger partial charge is 0.508 e. The molecule has 7 heteroatoms. The van der Waals surface area contributed by atoms with E-state index in [2.05, 4.69) is 39.5 Å². The summed E-state index contributed by atoms with van der Waals surface area (Å²) in [6.07, 6.45) is 0.952. The van der Waals surface area contributed by atoms with E-state index in [9.17, 15) is 15.0 Å². The standard InChI is InChI=1S/C34H41NO5S/c1-6-35(18-17-34(4,5)40-22-23(2)3)19-20-39-28-14-9-24(10-15-28)32(38)31-29-16-13-27(37)21-30(29)41-33(31)25-7-11-26(36)12-8-25/h7-16,21,23,36-37H,6,17-20,22H2,1-5H3. The molecule has 218 valence electrons. The second-order valence-corrected chi connectivity index (χ2v) is 12.4. The molecule has 0 unspecified atom stereocenters. The van der Waals surface area contributed by atoms with Crippen LogP contribution in [0.5, 0.6) is 17.2 Å². The van der Waals surface area contributed by atoms with E-state index in [1.807, 2.05) is 12.1 Å². The summed E-state index contributed by atoms with van der Waals surface area (Å²) in [6, 6.07) is 19.2. The van der Waals surface area contributed by atoms with E-state index >= 15 is 0 Å². The van der Waals surface area contributed by atoms with Crippen LogP contribution in [0.15, 0.2) is 66.7 Å². The Balaban J connectivity index is 1.42. The van der Waals surface area contributed by atoms with Gasteiger partial charge in [0.25, 0.3) is 0 Å². The lowest BCUT2D eigenvalue weighted by Crippen LogP contribution is -2.35. The molecule has 1 heterocycles. The summed E-state index contributed by atoms with van der Waals surface area (Å²) in [4.78, 5) is 17.0. The van der Waals surface area contributed by atoms with Crippen molar-refractivity contribution in [3.05, 3.63) is 77.9 Å². The molecule has 0 saturated carbocycles. The molecule has 4 aromatic rings.